The molecule has 1 saturated carbocycles. The molecule has 2 rings (SSSR count). The monoisotopic (exact) mass is 266 g/mol. The molecule has 0 aliphatic heterocycles. The molecule has 18 heavy (non-hydrogen) atoms. The molecule has 1 aliphatic rings. The Bertz CT molecular complexity index is 387. The van der Waals surface area contributed by atoms with Crippen LogP contribution >= 0.6 is 11.3 Å². The van der Waals surface area contributed by atoms with E-state index >= 15 is 0 Å². The van der Waals surface area contributed by atoms with Crippen molar-refractivity contribution in [3.63, 3.8) is 0 Å². The van der Waals surface area contributed by atoms with Gasteiger partial charge in [0.1, 0.15) is 0 Å². The molecule has 100 valence electrons. The molecule has 1 N–H and O–H groups in total. The minimum absolute atomic E-state index is 0.507. The van der Waals surface area contributed by atoms with Crippen LogP contribution in [0.5, 0.6) is 0 Å². The van der Waals surface area contributed by atoms with Crippen molar-refractivity contribution in [2.45, 2.75) is 46.0 Å². The van der Waals surface area contributed by atoms with E-state index in [2.05, 4.69) is 25.3 Å². The third-order valence-electron chi connectivity index (χ3n) is 4.51. The smallest absolute Gasteiger partial charge is 0.309 e. The Kier molecular flexibility index (Phi) is 4.10. The number of carboxylic acid groups (broad SMARTS) is 1. The fourth-order valence-electron chi connectivity index (χ4n) is 3.11. The van der Waals surface area contributed by atoms with Crippen molar-refractivity contribution in [1.82, 2.24) is 0 Å². The van der Waals surface area contributed by atoms with Gasteiger partial charge in [0.25, 0.3) is 0 Å². The van der Waals surface area contributed by atoms with Gasteiger partial charge in [-0.25, -0.2) is 0 Å². The molecule has 1 heterocycles. The minimum Gasteiger partial charge on any atom is -0.481 e. The molecule has 1 aromatic heterocycles. The molecule has 3 heteroatoms. The highest BCUT2D eigenvalue weighted by Gasteiger charge is 2.42. The molecule has 0 atom stereocenters. The quantitative estimate of drug-likeness (QED) is 0.886. The van der Waals surface area contributed by atoms with Gasteiger partial charge in [-0.3, -0.25) is 4.79 Å². The van der Waals surface area contributed by atoms with Gasteiger partial charge >= 0.3 is 5.97 Å². The Hall–Kier alpha value is -0.830. The first-order chi connectivity index (χ1) is 8.53. The van der Waals surface area contributed by atoms with Crippen LogP contribution < -0.4 is 0 Å². The number of carbonyl (C=O) groups is 1. The van der Waals surface area contributed by atoms with Crippen LogP contribution in [-0.2, 0) is 11.2 Å². The topological polar surface area (TPSA) is 37.3 Å². The summed E-state index contributed by atoms with van der Waals surface area (Å²) in [6.45, 7) is 4.49. The van der Waals surface area contributed by atoms with Gasteiger partial charge in [0.15, 0.2) is 0 Å². The van der Waals surface area contributed by atoms with E-state index in [9.17, 15) is 9.90 Å². The van der Waals surface area contributed by atoms with Gasteiger partial charge in [-0.2, -0.15) is 11.3 Å². The number of hydrogen-bond donors (Lipinski definition) is 1. The predicted octanol–water partition coefficient (Wildman–Crippen LogP) is 4.21. The lowest BCUT2D eigenvalue weighted by Gasteiger charge is -2.38. The molecule has 0 spiro atoms. The summed E-state index contributed by atoms with van der Waals surface area (Å²) in [7, 11) is 0. The second kappa shape index (κ2) is 5.43. The average molecular weight is 266 g/mol. The average Bonchev–Trinajstić information content (AvgIpc) is 2.82. The predicted molar refractivity (Wildman–Crippen MR) is 74.9 cm³/mol. The van der Waals surface area contributed by atoms with Crippen molar-refractivity contribution < 1.29 is 9.90 Å². The van der Waals surface area contributed by atoms with Gasteiger partial charge in [0.05, 0.1) is 5.41 Å². The van der Waals surface area contributed by atoms with E-state index in [1.807, 2.05) is 5.38 Å². The molecular formula is C15H22O2S. The second-order valence-electron chi connectivity index (χ2n) is 5.98. The van der Waals surface area contributed by atoms with Gasteiger partial charge in [0, 0.05) is 0 Å². The highest BCUT2D eigenvalue weighted by molar-refractivity contribution is 7.07. The Balaban J connectivity index is 2.08. The fraction of sp³-hybridized carbons (Fsp3) is 0.667. The standard InChI is InChI=1S/C15H22O2S/c1-11(2)13-3-6-15(7-4-13,14(16)17)9-12-5-8-18-10-12/h5,8,10-11,13H,3-4,6-7,9H2,1-2H3,(H,16,17). The molecule has 0 radical (unpaired) electrons. The molecule has 1 aliphatic carbocycles. The summed E-state index contributed by atoms with van der Waals surface area (Å²) in [5.74, 6) is 0.786. The lowest BCUT2D eigenvalue weighted by Crippen LogP contribution is -2.38. The number of carboxylic acids is 1. The lowest BCUT2D eigenvalue weighted by atomic mass is 9.66. The van der Waals surface area contributed by atoms with Crippen LogP contribution in [0.1, 0.15) is 45.1 Å². The van der Waals surface area contributed by atoms with Crippen LogP contribution in [0.2, 0.25) is 0 Å². The normalized spacial score (nSPS) is 28.5. The summed E-state index contributed by atoms with van der Waals surface area (Å²) < 4.78 is 0. The third-order valence-corrected chi connectivity index (χ3v) is 5.24. The van der Waals surface area contributed by atoms with Crippen molar-refractivity contribution in [3.8, 4) is 0 Å². The van der Waals surface area contributed by atoms with E-state index in [4.69, 9.17) is 0 Å². The molecule has 0 saturated heterocycles. The van der Waals surface area contributed by atoms with Crippen LogP contribution in [0.3, 0.4) is 0 Å². The van der Waals surface area contributed by atoms with Crippen molar-refractivity contribution in [3.05, 3.63) is 22.4 Å². The Labute approximate surface area is 113 Å². The zero-order valence-corrected chi connectivity index (χ0v) is 12.0. The number of aliphatic carboxylic acids is 1. The maximum absolute atomic E-state index is 11.7. The summed E-state index contributed by atoms with van der Waals surface area (Å²) in [6, 6.07) is 2.06. The Morgan fingerprint density at radius 2 is 2.17 bits per heavy atom. The summed E-state index contributed by atoms with van der Waals surface area (Å²) in [4.78, 5) is 11.7. The minimum atomic E-state index is -0.601. The molecule has 0 amide bonds. The van der Waals surface area contributed by atoms with Crippen molar-refractivity contribution in [2.75, 3.05) is 0 Å². The fourth-order valence-corrected chi connectivity index (χ4v) is 3.78. The van der Waals surface area contributed by atoms with Crippen molar-refractivity contribution >= 4 is 17.3 Å². The number of rotatable bonds is 4. The SMILES string of the molecule is CC(C)C1CCC(Cc2ccsc2)(C(=O)O)CC1. The van der Waals surface area contributed by atoms with E-state index in [0.29, 0.717) is 18.3 Å². The van der Waals surface area contributed by atoms with E-state index in [1.165, 1.54) is 5.56 Å². The van der Waals surface area contributed by atoms with Crippen LogP contribution in [0.4, 0.5) is 0 Å². The summed E-state index contributed by atoms with van der Waals surface area (Å²) >= 11 is 1.65. The van der Waals surface area contributed by atoms with Gasteiger partial charge in [-0.15, -0.1) is 0 Å². The third kappa shape index (κ3) is 2.77. The van der Waals surface area contributed by atoms with Gasteiger partial charge in [-0.05, 0) is 66.3 Å². The number of hydrogen-bond acceptors (Lipinski definition) is 2. The second-order valence-corrected chi connectivity index (χ2v) is 6.76. The van der Waals surface area contributed by atoms with Gasteiger partial charge in [0.2, 0.25) is 0 Å². The lowest BCUT2D eigenvalue weighted by molar-refractivity contribution is -0.151. The molecule has 1 aromatic rings. The molecule has 1 fully saturated rings. The van der Waals surface area contributed by atoms with E-state index in [-0.39, 0.29) is 0 Å². The number of thiophene rings is 1. The van der Waals surface area contributed by atoms with Crippen molar-refractivity contribution in [1.29, 1.82) is 0 Å². The van der Waals surface area contributed by atoms with Crippen LogP contribution in [-0.4, -0.2) is 11.1 Å². The highest BCUT2D eigenvalue weighted by Crippen LogP contribution is 2.44. The molecular weight excluding hydrogens is 244 g/mol. The molecule has 2 nitrogen and oxygen atoms in total. The zero-order valence-electron chi connectivity index (χ0n) is 11.2. The maximum Gasteiger partial charge on any atom is 0.309 e. The summed E-state index contributed by atoms with van der Waals surface area (Å²) in [5.41, 5.74) is 0.678. The van der Waals surface area contributed by atoms with Crippen LogP contribution in [0.25, 0.3) is 0 Å². The Morgan fingerprint density at radius 1 is 1.50 bits per heavy atom. The van der Waals surface area contributed by atoms with Crippen LogP contribution in [0.15, 0.2) is 16.8 Å². The highest BCUT2D eigenvalue weighted by atomic mass is 32.1. The van der Waals surface area contributed by atoms with E-state index in [1.54, 1.807) is 11.3 Å². The first-order valence-electron chi connectivity index (χ1n) is 6.78. The molecule has 0 aromatic carbocycles. The van der Waals surface area contributed by atoms with Crippen molar-refractivity contribution in [2.24, 2.45) is 17.3 Å². The summed E-state index contributed by atoms with van der Waals surface area (Å²) in [5, 5.41) is 13.7. The first kappa shape index (κ1) is 13.6. The van der Waals surface area contributed by atoms with Gasteiger partial charge < -0.3 is 5.11 Å². The molecule has 0 bridgehead atoms. The first-order valence-corrected chi connectivity index (χ1v) is 7.72. The largest absolute Gasteiger partial charge is 0.481 e. The zero-order chi connectivity index (χ0) is 13.2. The van der Waals surface area contributed by atoms with E-state index < -0.39 is 11.4 Å². The Morgan fingerprint density at radius 3 is 2.61 bits per heavy atom. The molecule has 0 unspecified atom stereocenters. The maximum atomic E-state index is 11.7. The van der Waals surface area contributed by atoms with E-state index in [0.717, 1.165) is 25.7 Å². The van der Waals surface area contributed by atoms with Crippen LogP contribution in [0, 0.1) is 17.3 Å². The summed E-state index contributed by atoms with van der Waals surface area (Å²) in [6.07, 6.45) is 4.50. The van der Waals surface area contributed by atoms with Gasteiger partial charge in [-0.1, -0.05) is 13.8 Å².